The van der Waals surface area contributed by atoms with E-state index in [9.17, 15) is 14.7 Å². The molecule has 0 fully saturated rings. The normalized spacial score (nSPS) is 12.2. The monoisotopic (exact) mass is 382 g/mol. The van der Waals surface area contributed by atoms with E-state index >= 15 is 0 Å². The van der Waals surface area contributed by atoms with Crippen molar-refractivity contribution in [2.75, 3.05) is 0 Å². The Hall–Kier alpha value is -3.42. The average molecular weight is 382 g/mol. The molecule has 0 saturated heterocycles. The van der Waals surface area contributed by atoms with Gasteiger partial charge in [0, 0.05) is 5.56 Å². The second-order valence-corrected chi connectivity index (χ2v) is 5.79. The third kappa shape index (κ3) is 6.08. The summed E-state index contributed by atoms with van der Waals surface area (Å²) in [5.74, 6) is -0.998. The van der Waals surface area contributed by atoms with Gasteiger partial charge in [-0.2, -0.15) is 0 Å². The molecule has 0 saturated carbocycles. The summed E-state index contributed by atoms with van der Waals surface area (Å²) >= 11 is 0. The van der Waals surface area contributed by atoms with E-state index in [1.807, 2.05) is 12.1 Å². The molecule has 0 aliphatic rings. The van der Waals surface area contributed by atoms with E-state index in [0.29, 0.717) is 17.7 Å². The Morgan fingerprint density at radius 2 is 1.57 bits per heavy atom. The van der Waals surface area contributed by atoms with E-state index in [2.05, 4.69) is 5.32 Å². The van der Waals surface area contributed by atoms with Crippen LogP contribution in [0.4, 0.5) is 0 Å². The molecular weight excluding hydrogens is 360 g/mol. The van der Waals surface area contributed by atoms with Crippen molar-refractivity contribution >= 4 is 11.9 Å². The van der Waals surface area contributed by atoms with Crippen LogP contribution in [0.25, 0.3) is 0 Å². The number of carboxylic acid groups (broad SMARTS) is 1. The molecule has 0 spiro atoms. The average Bonchev–Trinajstić information content (AvgIpc) is 3.27. The maximum atomic E-state index is 12.1. The van der Waals surface area contributed by atoms with E-state index in [1.165, 1.54) is 0 Å². The van der Waals surface area contributed by atoms with Crippen molar-refractivity contribution in [2.24, 2.45) is 5.73 Å². The lowest BCUT2D eigenvalue weighted by atomic mass is 10.0. The molecular formula is C21H22N2O5. The predicted octanol–water partition coefficient (Wildman–Crippen LogP) is 2.34. The Morgan fingerprint density at radius 3 is 2.04 bits per heavy atom. The van der Waals surface area contributed by atoms with E-state index in [4.69, 9.17) is 15.3 Å². The molecule has 5 N–H and O–H groups in total. The minimum atomic E-state index is -1.72. The van der Waals surface area contributed by atoms with Crippen molar-refractivity contribution < 1.29 is 24.2 Å². The highest BCUT2D eigenvalue weighted by Gasteiger charge is 2.28. The van der Waals surface area contributed by atoms with Gasteiger partial charge in [-0.05, 0) is 29.8 Å². The maximum Gasteiger partial charge on any atom is 0.335 e. The minimum Gasteiger partial charge on any atom is -0.479 e. The number of hydrogen-bond donors (Lipinski definition) is 4. The number of carbonyl (C=O) groups is 2. The molecule has 1 amide bonds. The number of rotatable bonds is 6. The van der Waals surface area contributed by atoms with Gasteiger partial charge in [-0.15, -0.1) is 0 Å². The zero-order valence-electron chi connectivity index (χ0n) is 15.1. The van der Waals surface area contributed by atoms with Crippen molar-refractivity contribution in [2.45, 2.75) is 18.7 Å². The Balaban J connectivity index is 0.000000336. The molecule has 0 unspecified atom stereocenters. The standard InChI is InChI=1S/C16H15NO4.C5H7NO/c18-14(16(20)21)13(11-7-3-1-4-8-11)17-15(19)12-9-5-2-6-10-12;6-4-5-2-1-3-7-5/h1-10,13-14,18H,(H,17,19)(H,20,21);1-3H,4,6H2/t13-,14+;/m0./s1. The van der Waals surface area contributed by atoms with Gasteiger partial charge in [0.25, 0.3) is 5.91 Å². The second-order valence-electron chi connectivity index (χ2n) is 5.79. The Kier molecular flexibility index (Phi) is 7.95. The largest absolute Gasteiger partial charge is 0.479 e. The number of furan rings is 1. The van der Waals surface area contributed by atoms with Gasteiger partial charge in [0.05, 0.1) is 18.8 Å². The van der Waals surface area contributed by atoms with Crippen molar-refractivity contribution in [3.8, 4) is 0 Å². The summed E-state index contributed by atoms with van der Waals surface area (Å²) in [6.45, 7) is 0.493. The summed E-state index contributed by atoms with van der Waals surface area (Å²) in [7, 11) is 0. The molecule has 0 radical (unpaired) electrons. The fraction of sp³-hybridized carbons (Fsp3) is 0.143. The van der Waals surface area contributed by atoms with Crippen molar-refractivity contribution in [3.63, 3.8) is 0 Å². The van der Waals surface area contributed by atoms with E-state index in [1.54, 1.807) is 66.9 Å². The topological polar surface area (TPSA) is 126 Å². The summed E-state index contributed by atoms with van der Waals surface area (Å²) in [5.41, 5.74) is 6.12. The zero-order chi connectivity index (χ0) is 20.4. The predicted molar refractivity (Wildman–Crippen MR) is 103 cm³/mol. The number of carboxylic acids is 1. The number of nitrogens with one attached hydrogen (secondary N) is 1. The number of carbonyl (C=O) groups excluding carboxylic acids is 1. The molecule has 1 heterocycles. The number of benzene rings is 2. The van der Waals surface area contributed by atoms with Crippen LogP contribution < -0.4 is 11.1 Å². The van der Waals surface area contributed by atoms with Gasteiger partial charge in [-0.1, -0.05) is 48.5 Å². The van der Waals surface area contributed by atoms with Crippen LogP contribution in [-0.2, 0) is 11.3 Å². The fourth-order valence-electron chi connectivity index (χ4n) is 2.39. The van der Waals surface area contributed by atoms with Gasteiger partial charge in [0.2, 0.25) is 0 Å². The fourth-order valence-corrected chi connectivity index (χ4v) is 2.39. The van der Waals surface area contributed by atoms with Crippen LogP contribution in [0.1, 0.15) is 27.7 Å². The molecule has 1 aromatic heterocycles. The summed E-state index contributed by atoms with van der Waals surface area (Å²) in [6, 6.07) is 19.6. The first kappa shape index (κ1) is 20.9. The van der Waals surface area contributed by atoms with Crippen molar-refractivity contribution in [3.05, 3.63) is 95.9 Å². The molecule has 2 atom stereocenters. The van der Waals surface area contributed by atoms with Crippen molar-refractivity contribution in [1.82, 2.24) is 5.32 Å². The molecule has 7 nitrogen and oxygen atoms in total. The second kappa shape index (κ2) is 10.7. The quantitative estimate of drug-likeness (QED) is 0.518. The maximum absolute atomic E-state index is 12.1. The number of aliphatic hydroxyl groups excluding tert-OH is 1. The van der Waals surface area contributed by atoms with Crippen LogP contribution in [0.3, 0.4) is 0 Å². The SMILES string of the molecule is NCc1ccco1.O=C(N[C@@H](c1ccccc1)[C@@H](O)C(=O)O)c1ccccc1. The van der Waals surface area contributed by atoms with E-state index in [-0.39, 0.29) is 0 Å². The molecule has 0 bridgehead atoms. The van der Waals surface area contributed by atoms with Gasteiger partial charge >= 0.3 is 5.97 Å². The third-order valence-corrected chi connectivity index (χ3v) is 3.83. The molecule has 7 heteroatoms. The summed E-state index contributed by atoms with van der Waals surface area (Å²) in [5, 5.41) is 21.4. The first-order valence-electron chi connectivity index (χ1n) is 8.57. The summed E-state index contributed by atoms with van der Waals surface area (Å²) in [4.78, 5) is 23.2. The summed E-state index contributed by atoms with van der Waals surface area (Å²) in [6.07, 6.45) is -0.109. The lowest BCUT2D eigenvalue weighted by Gasteiger charge is -2.22. The summed E-state index contributed by atoms with van der Waals surface area (Å²) < 4.78 is 4.86. The molecule has 0 aliphatic heterocycles. The first-order valence-corrected chi connectivity index (χ1v) is 8.57. The third-order valence-electron chi connectivity index (χ3n) is 3.83. The van der Waals surface area contributed by atoms with Crippen LogP contribution in [0.15, 0.2) is 83.5 Å². The highest BCUT2D eigenvalue weighted by atomic mass is 16.4. The highest BCUT2D eigenvalue weighted by Crippen LogP contribution is 2.18. The van der Waals surface area contributed by atoms with Crippen LogP contribution in [0.5, 0.6) is 0 Å². The first-order chi connectivity index (χ1) is 13.5. The Morgan fingerprint density at radius 1 is 0.964 bits per heavy atom. The number of nitrogens with two attached hydrogens (primary N) is 1. The minimum absolute atomic E-state index is 0.399. The lowest BCUT2D eigenvalue weighted by molar-refractivity contribution is -0.148. The van der Waals surface area contributed by atoms with Crippen LogP contribution in [0, 0.1) is 0 Å². The molecule has 28 heavy (non-hydrogen) atoms. The van der Waals surface area contributed by atoms with Gasteiger partial charge in [-0.25, -0.2) is 4.79 Å². The van der Waals surface area contributed by atoms with Gasteiger partial charge in [-0.3, -0.25) is 4.79 Å². The van der Waals surface area contributed by atoms with Crippen LogP contribution in [-0.4, -0.2) is 28.2 Å². The molecule has 2 aromatic carbocycles. The number of aliphatic hydroxyl groups is 1. The smallest absolute Gasteiger partial charge is 0.335 e. The van der Waals surface area contributed by atoms with Crippen LogP contribution in [0.2, 0.25) is 0 Å². The lowest BCUT2D eigenvalue weighted by Crippen LogP contribution is -2.40. The van der Waals surface area contributed by atoms with Crippen molar-refractivity contribution in [1.29, 1.82) is 0 Å². The zero-order valence-corrected chi connectivity index (χ0v) is 15.1. The van der Waals surface area contributed by atoms with Gasteiger partial charge < -0.3 is 25.7 Å². The Labute approximate surface area is 162 Å². The van der Waals surface area contributed by atoms with Gasteiger partial charge in [0.1, 0.15) is 5.76 Å². The highest BCUT2D eigenvalue weighted by molar-refractivity contribution is 5.94. The number of hydrogen-bond acceptors (Lipinski definition) is 5. The molecule has 3 aromatic rings. The van der Waals surface area contributed by atoms with E-state index < -0.39 is 24.0 Å². The van der Waals surface area contributed by atoms with Gasteiger partial charge in [0.15, 0.2) is 6.10 Å². The number of aliphatic carboxylic acids is 1. The molecule has 146 valence electrons. The van der Waals surface area contributed by atoms with E-state index in [0.717, 1.165) is 5.76 Å². The molecule has 3 rings (SSSR count). The number of amides is 1. The van der Waals surface area contributed by atoms with Crippen LogP contribution >= 0.6 is 0 Å². The Bertz CT molecular complexity index is 851. The molecule has 0 aliphatic carbocycles.